The number of aromatic nitrogens is 2. The Morgan fingerprint density at radius 1 is 1.11 bits per heavy atom. The van der Waals surface area contributed by atoms with Gasteiger partial charge >= 0.3 is 5.69 Å². The van der Waals surface area contributed by atoms with E-state index in [4.69, 9.17) is 0 Å². The molecule has 0 spiro atoms. The van der Waals surface area contributed by atoms with Crippen LogP contribution in [-0.2, 0) is 11.3 Å². The molecule has 3 rings (SSSR count). The molecule has 0 saturated carbocycles. The molecule has 146 valence electrons. The summed E-state index contributed by atoms with van der Waals surface area (Å²) >= 11 is 0. The summed E-state index contributed by atoms with van der Waals surface area (Å²) < 4.78 is 28.7. The fourth-order valence-corrected chi connectivity index (χ4v) is 2.98. The number of fused-ring (bicyclic) bond motifs is 1. The second kappa shape index (κ2) is 7.75. The van der Waals surface area contributed by atoms with Gasteiger partial charge in [-0.05, 0) is 37.6 Å². The number of benzene rings is 2. The molecule has 1 N–H and O–H groups in total. The predicted molar refractivity (Wildman–Crippen MR) is 102 cm³/mol. The molecular formula is C20H19F2N3O3. The van der Waals surface area contributed by atoms with Crippen LogP contribution in [0, 0.1) is 11.6 Å². The number of hydrogen-bond donors (Lipinski definition) is 1. The lowest BCUT2D eigenvalue weighted by atomic mass is 10.2. The van der Waals surface area contributed by atoms with Gasteiger partial charge in [0, 0.05) is 17.8 Å². The number of nitrogens with zero attached hydrogens (tertiary/aromatic N) is 2. The molecule has 2 aromatic carbocycles. The van der Waals surface area contributed by atoms with Gasteiger partial charge in [0.2, 0.25) is 5.91 Å². The summed E-state index contributed by atoms with van der Waals surface area (Å²) in [7, 11) is 0. The van der Waals surface area contributed by atoms with E-state index in [-0.39, 0.29) is 18.3 Å². The number of nitrogens with one attached hydrogen (secondary N) is 1. The molecule has 0 aliphatic carbocycles. The van der Waals surface area contributed by atoms with Gasteiger partial charge in [0.05, 0.1) is 10.9 Å². The minimum Gasteiger partial charge on any atom is -0.324 e. The molecule has 0 bridgehead atoms. The van der Waals surface area contributed by atoms with Gasteiger partial charge in [0.15, 0.2) is 11.6 Å². The van der Waals surface area contributed by atoms with Gasteiger partial charge in [-0.15, -0.1) is 0 Å². The normalized spacial score (nSPS) is 12.1. The zero-order valence-corrected chi connectivity index (χ0v) is 15.4. The van der Waals surface area contributed by atoms with Gasteiger partial charge in [0.25, 0.3) is 5.56 Å². The zero-order valence-electron chi connectivity index (χ0n) is 15.4. The summed E-state index contributed by atoms with van der Waals surface area (Å²) in [4.78, 5) is 38.1. The van der Waals surface area contributed by atoms with Crippen molar-refractivity contribution in [2.45, 2.75) is 32.9 Å². The second-order valence-corrected chi connectivity index (χ2v) is 6.50. The number of rotatable bonds is 5. The lowest BCUT2D eigenvalue weighted by Crippen LogP contribution is -2.43. The van der Waals surface area contributed by atoms with Crippen molar-refractivity contribution in [2.24, 2.45) is 0 Å². The van der Waals surface area contributed by atoms with Crippen LogP contribution >= 0.6 is 0 Å². The highest BCUT2D eigenvalue weighted by atomic mass is 19.2. The van der Waals surface area contributed by atoms with Crippen molar-refractivity contribution >= 4 is 22.5 Å². The third-order valence-electron chi connectivity index (χ3n) is 4.62. The van der Waals surface area contributed by atoms with Crippen LogP contribution in [0.15, 0.2) is 52.1 Å². The molecule has 0 aliphatic rings. The fourth-order valence-electron chi connectivity index (χ4n) is 2.98. The number of carbonyl (C=O) groups excluding carboxylic acids is 1. The summed E-state index contributed by atoms with van der Waals surface area (Å²) in [6, 6.07) is 9.16. The molecule has 1 amide bonds. The maximum atomic E-state index is 13.3. The Hall–Kier alpha value is -3.29. The predicted octanol–water partition coefficient (Wildman–Crippen LogP) is 3.05. The minimum absolute atomic E-state index is 0.0662. The molecule has 0 radical (unpaired) electrons. The standard InChI is InChI=1S/C20H19F2N3O3/c1-3-12(2)25-19(27)14-6-4-5-7-17(14)24(20(25)28)11-18(26)23-13-8-9-15(21)16(22)10-13/h4-10,12H,3,11H2,1-2H3,(H,23,26)/t12-/m1/s1. The Kier molecular flexibility index (Phi) is 5.39. The van der Waals surface area contributed by atoms with Gasteiger partial charge in [-0.1, -0.05) is 19.1 Å². The van der Waals surface area contributed by atoms with Crippen LogP contribution in [0.5, 0.6) is 0 Å². The lowest BCUT2D eigenvalue weighted by Gasteiger charge is -2.17. The molecule has 0 unspecified atom stereocenters. The van der Waals surface area contributed by atoms with Crippen molar-refractivity contribution in [2.75, 3.05) is 5.32 Å². The Labute approximate surface area is 159 Å². The van der Waals surface area contributed by atoms with Gasteiger partial charge in [-0.2, -0.15) is 0 Å². The molecule has 1 atom stereocenters. The number of amides is 1. The number of halogens is 2. The average molecular weight is 387 g/mol. The average Bonchev–Trinajstić information content (AvgIpc) is 2.68. The van der Waals surface area contributed by atoms with Crippen LogP contribution in [-0.4, -0.2) is 15.0 Å². The van der Waals surface area contributed by atoms with Crippen LogP contribution in [0.1, 0.15) is 26.3 Å². The maximum Gasteiger partial charge on any atom is 0.332 e. The Balaban J connectivity index is 2.04. The van der Waals surface area contributed by atoms with Gasteiger partial charge in [-0.25, -0.2) is 13.6 Å². The topological polar surface area (TPSA) is 73.1 Å². The van der Waals surface area contributed by atoms with Crippen LogP contribution in [0.4, 0.5) is 14.5 Å². The number of anilines is 1. The highest BCUT2D eigenvalue weighted by Gasteiger charge is 2.18. The molecule has 0 fully saturated rings. The first kappa shape index (κ1) is 19.5. The minimum atomic E-state index is -1.09. The monoisotopic (exact) mass is 387 g/mol. The van der Waals surface area contributed by atoms with Crippen molar-refractivity contribution in [3.63, 3.8) is 0 Å². The number of hydrogen-bond acceptors (Lipinski definition) is 3. The second-order valence-electron chi connectivity index (χ2n) is 6.50. The third-order valence-corrected chi connectivity index (χ3v) is 4.62. The SMILES string of the molecule is CC[C@@H](C)n1c(=O)c2ccccc2n(CC(=O)Nc2ccc(F)c(F)c2)c1=O. The van der Waals surface area contributed by atoms with E-state index in [1.165, 1.54) is 10.6 Å². The highest BCUT2D eigenvalue weighted by molar-refractivity contribution is 5.91. The Bertz CT molecular complexity index is 1170. The van der Waals surface area contributed by atoms with Crippen LogP contribution < -0.4 is 16.6 Å². The molecule has 8 heteroatoms. The molecule has 0 saturated heterocycles. The smallest absolute Gasteiger partial charge is 0.324 e. The zero-order chi connectivity index (χ0) is 20.4. The number of para-hydroxylation sites is 1. The van der Waals surface area contributed by atoms with E-state index in [0.29, 0.717) is 17.3 Å². The van der Waals surface area contributed by atoms with Crippen molar-refractivity contribution in [1.29, 1.82) is 0 Å². The summed E-state index contributed by atoms with van der Waals surface area (Å²) in [5.41, 5.74) is -0.611. The van der Waals surface area contributed by atoms with E-state index in [2.05, 4.69) is 5.32 Å². The summed E-state index contributed by atoms with van der Waals surface area (Å²) in [6.45, 7) is 3.23. The van der Waals surface area contributed by atoms with Crippen LogP contribution in [0.25, 0.3) is 10.9 Å². The van der Waals surface area contributed by atoms with E-state index in [1.807, 2.05) is 6.92 Å². The van der Waals surface area contributed by atoms with E-state index in [9.17, 15) is 23.2 Å². The molecule has 3 aromatic rings. The highest BCUT2D eigenvalue weighted by Crippen LogP contribution is 2.14. The van der Waals surface area contributed by atoms with Crippen molar-refractivity contribution in [3.05, 3.63) is 74.9 Å². The quantitative estimate of drug-likeness (QED) is 0.731. The molecule has 6 nitrogen and oxygen atoms in total. The van der Waals surface area contributed by atoms with Crippen molar-refractivity contribution < 1.29 is 13.6 Å². The van der Waals surface area contributed by atoms with Gasteiger partial charge in [-0.3, -0.25) is 18.7 Å². The summed E-state index contributed by atoms with van der Waals surface area (Å²) in [5.74, 6) is -2.72. The largest absolute Gasteiger partial charge is 0.332 e. The first-order chi connectivity index (χ1) is 13.3. The Morgan fingerprint density at radius 3 is 2.50 bits per heavy atom. The summed E-state index contributed by atoms with van der Waals surface area (Å²) in [5, 5.41) is 2.76. The third kappa shape index (κ3) is 3.58. The number of carbonyl (C=O) groups is 1. The van der Waals surface area contributed by atoms with E-state index < -0.39 is 28.8 Å². The summed E-state index contributed by atoms with van der Waals surface area (Å²) in [6.07, 6.45) is 0.564. The first-order valence-corrected chi connectivity index (χ1v) is 8.82. The van der Waals surface area contributed by atoms with E-state index in [0.717, 1.165) is 16.7 Å². The lowest BCUT2D eigenvalue weighted by molar-refractivity contribution is -0.116. The van der Waals surface area contributed by atoms with E-state index >= 15 is 0 Å². The molecule has 28 heavy (non-hydrogen) atoms. The molecule has 1 heterocycles. The fraction of sp³-hybridized carbons (Fsp3) is 0.250. The van der Waals surface area contributed by atoms with Crippen molar-refractivity contribution in [3.8, 4) is 0 Å². The van der Waals surface area contributed by atoms with E-state index in [1.54, 1.807) is 31.2 Å². The molecule has 1 aromatic heterocycles. The molecular weight excluding hydrogens is 368 g/mol. The van der Waals surface area contributed by atoms with Gasteiger partial charge < -0.3 is 5.32 Å². The maximum absolute atomic E-state index is 13.3. The van der Waals surface area contributed by atoms with Crippen molar-refractivity contribution in [1.82, 2.24) is 9.13 Å². The Morgan fingerprint density at radius 2 is 1.82 bits per heavy atom. The first-order valence-electron chi connectivity index (χ1n) is 8.82. The van der Waals surface area contributed by atoms with Crippen LogP contribution in [0.3, 0.4) is 0 Å². The molecule has 0 aliphatic heterocycles. The van der Waals surface area contributed by atoms with Crippen LogP contribution in [0.2, 0.25) is 0 Å². The van der Waals surface area contributed by atoms with Gasteiger partial charge in [0.1, 0.15) is 6.54 Å².